The molecule has 1 unspecified atom stereocenters. The van der Waals surface area contributed by atoms with Crippen molar-refractivity contribution >= 4 is 34.6 Å². The number of thioether (sulfide) groups is 1. The van der Waals surface area contributed by atoms with Crippen molar-refractivity contribution in [3.05, 3.63) is 89.7 Å². The van der Waals surface area contributed by atoms with Crippen LogP contribution in [0.15, 0.2) is 78.0 Å². The largest absolute Gasteiger partial charge is 0.573 e. The number of halogens is 4. The minimum Gasteiger partial charge on any atom is -0.406 e. The zero-order chi connectivity index (χ0) is 30.7. The van der Waals surface area contributed by atoms with E-state index in [-0.39, 0.29) is 29.1 Å². The van der Waals surface area contributed by atoms with Crippen LogP contribution < -0.4 is 15.0 Å². The highest BCUT2D eigenvalue weighted by Gasteiger charge is 2.33. The van der Waals surface area contributed by atoms with E-state index in [4.69, 9.17) is 0 Å². The number of aromatic nitrogens is 3. The fourth-order valence-corrected chi connectivity index (χ4v) is 5.26. The molecule has 0 bridgehead atoms. The summed E-state index contributed by atoms with van der Waals surface area (Å²) in [6.45, 7) is 3.41. The van der Waals surface area contributed by atoms with Gasteiger partial charge in [-0.15, -0.1) is 18.3 Å². The summed E-state index contributed by atoms with van der Waals surface area (Å²) in [5.74, 6) is -0.0822. The summed E-state index contributed by atoms with van der Waals surface area (Å²) in [5, 5.41) is 7.02. The Morgan fingerprint density at radius 1 is 1.07 bits per heavy atom. The summed E-state index contributed by atoms with van der Waals surface area (Å²) >= 11 is 1.14. The number of aryl methyl sites for hydroxylation is 2. The molecular formula is C29H24F4N6O3S. The van der Waals surface area contributed by atoms with Gasteiger partial charge in [0.05, 0.1) is 23.7 Å². The van der Waals surface area contributed by atoms with E-state index in [1.54, 1.807) is 12.1 Å². The van der Waals surface area contributed by atoms with Crippen molar-refractivity contribution in [2.75, 3.05) is 17.2 Å². The molecule has 1 atom stereocenters. The Bertz CT molecular complexity index is 1650. The highest BCUT2D eigenvalue weighted by Crippen LogP contribution is 2.32. The van der Waals surface area contributed by atoms with Crippen molar-refractivity contribution in [1.82, 2.24) is 20.1 Å². The number of amides is 3. The van der Waals surface area contributed by atoms with Gasteiger partial charge in [0.2, 0.25) is 5.91 Å². The number of anilines is 1. The number of benzene rings is 3. The quantitative estimate of drug-likeness (QED) is 0.246. The molecule has 1 aliphatic rings. The lowest BCUT2D eigenvalue weighted by atomic mass is 10.1. The number of nitrogens with one attached hydrogen (secondary N) is 1. The molecule has 14 heteroatoms. The first kappa shape index (κ1) is 29.8. The lowest BCUT2D eigenvalue weighted by molar-refractivity contribution is -0.274. The van der Waals surface area contributed by atoms with E-state index >= 15 is 0 Å². The van der Waals surface area contributed by atoms with Gasteiger partial charge in [-0.05, 0) is 54.8 Å². The number of para-hydroxylation sites is 1. The Balaban J connectivity index is 1.20. The fourth-order valence-electron chi connectivity index (χ4n) is 4.41. The number of amidine groups is 1. The van der Waals surface area contributed by atoms with Gasteiger partial charge >= 0.3 is 12.4 Å². The lowest BCUT2D eigenvalue weighted by Crippen LogP contribution is -2.33. The number of ether oxygens (including phenoxy) is 1. The van der Waals surface area contributed by atoms with Crippen molar-refractivity contribution in [2.24, 2.45) is 4.99 Å². The van der Waals surface area contributed by atoms with Crippen LogP contribution in [0.2, 0.25) is 0 Å². The molecule has 0 aliphatic carbocycles. The maximum Gasteiger partial charge on any atom is 0.573 e. The number of aliphatic imine (C=N–C) groups is 1. The number of hydrogen-bond donors (Lipinski definition) is 1. The summed E-state index contributed by atoms with van der Waals surface area (Å²) in [6, 6.07) is 16.3. The molecule has 1 aromatic heterocycles. The minimum absolute atomic E-state index is 0.147. The molecule has 9 nitrogen and oxygen atoms in total. The number of hydrogen-bond acceptors (Lipinski definition) is 6. The van der Waals surface area contributed by atoms with Gasteiger partial charge in [0, 0.05) is 5.56 Å². The number of nitrogens with zero attached hydrogens (tertiary/aromatic N) is 5. The normalized spacial score (nSPS) is 15.2. The van der Waals surface area contributed by atoms with E-state index in [1.807, 2.05) is 32.0 Å². The van der Waals surface area contributed by atoms with Crippen LogP contribution in [0, 0.1) is 13.8 Å². The summed E-state index contributed by atoms with van der Waals surface area (Å²) < 4.78 is 57.4. The maximum absolute atomic E-state index is 15.0. The van der Waals surface area contributed by atoms with Crippen LogP contribution in [0.3, 0.4) is 0 Å². The fraction of sp³-hybridized carbons (Fsp3) is 0.207. The first-order chi connectivity index (χ1) is 20.5. The summed E-state index contributed by atoms with van der Waals surface area (Å²) in [6.07, 6.45) is -4.92. The molecule has 3 aromatic carbocycles. The average molecular weight is 613 g/mol. The molecule has 5 rings (SSSR count). The van der Waals surface area contributed by atoms with E-state index in [1.165, 1.54) is 52.3 Å². The molecule has 0 spiro atoms. The SMILES string of the molecule is Cc1cccc(C)c1N1C(=O)CS/C1=N\C(=O)NCC(F)c1ccc(-c2ncn(-c3ccc(OC(F)(F)F)cc3)n2)cc1. The third kappa shape index (κ3) is 7.02. The van der Waals surface area contributed by atoms with Gasteiger partial charge in [-0.2, -0.15) is 4.99 Å². The Morgan fingerprint density at radius 3 is 2.40 bits per heavy atom. The number of urea groups is 1. The second-order valence-electron chi connectivity index (χ2n) is 9.48. The summed E-state index contributed by atoms with van der Waals surface area (Å²) in [5.41, 5.74) is 3.76. The number of rotatable bonds is 7. The Hall–Kier alpha value is -4.72. The van der Waals surface area contributed by atoms with Crippen LogP contribution in [-0.2, 0) is 4.79 Å². The van der Waals surface area contributed by atoms with Gasteiger partial charge < -0.3 is 10.1 Å². The van der Waals surface area contributed by atoms with E-state index in [9.17, 15) is 27.2 Å². The van der Waals surface area contributed by atoms with Crippen LogP contribution >= 0.6 is 11.8 Å². The van der Waals surface area contributed by atoms with Crippen LogP contribution in [0.1, 0.15) is 22.9 Å². The second-order valence-corrected chi connectivity index (χ2v) is 10.4. The van der Waals surface area contributed by atoms with Crippen molar-refractivity contribution in [1.29, 1.82) is 0 Å². The van der Waals surface area contributed by atoms with E-state index in [0.29, 0.717) is 28.3 Å². The van der Waals surface area contributed by atoms with Gasteiger partial charge in [0.15, 0.2) is 11.0 Å². The molecule has 4 aromatic rings. The molecule has 0 saturated carbocycles. The molecule has 1 N–H and O–H groups in total. The van der Waals surface area contributed by atoms with E-state index < -0.39 is 18.6 Å². The average Bonchev–Trinajstić information content (AvgIpc) is 3.59. The summed E-state index contributed by atoms with van der Waals surface area (Å²) in [7, 11) is 0. The first-order valence-electron chi connectivity index (χ1n) is 12.9. The Kier molecular flexibility index (Phi) is 8.48. The third-order valence-electron chi connectivity index (χ3n) is 6.42. The van der Waals surface area contributed by atoms with Gasteiger partial charge in [0.1, 0.15) is 18.2 Å². The van der Waals surface area contributed by atoms with Crippen molar-refractivity contribution in [3.63, 3.8) is 0 Å². The second kappa shape index (κ2) is 12.3. The molecule has 3 amide bonds. The lowest BCUT2D eigenvalue weighted by Gasteiger charge is -2.20. The van der Waals surface area contributed by atoms with Crippen LogP contribution in [0.5, 0.6) is 5.75 Å². The highest BCUT2D eigenvalue weighted by molar-refractivity contribution is 8.15. The predicted octanol–water partition coefficient (Wildman–Crippen LogP) is 6.31. The maximum atomic E-state index is 15.0. The monoisotopic (exact) mass is 612 g/mol. The Labute approximate surface area is 247 Å². The molecule has 2 heterocycles. The molecular weight excluding hydrogens is 588 g/mol. The molecule has 1 saturated heterocycles. The van der Waals surface area contributed by atoms with Gasteiger partial charge in [0.25, 0.3) is 0 Å². The number of carbonyl (C=O) groups excluding carboxylic acids is 2. The van der Waals surface area contributed by atoms with Crippen molar-refractivity contribution in [2.45, 2.75) is 26.4 Å². The van der Waals surface area contributed by atoms with Crippen LogP contribution in [0.25, 0.3) is 17.1 Å². The first-order valence-corrected chi connectivity index (χ1v) is 13.9. The Morgan fingerprint density at radius 2 is 1.74 bits per heavy atom. The van der Waals surface area contributed by atoms with E-state index in [0.717, 1.165) is 22.9 Å². The molecule has 222 valence electrons. The smallest absolute Gasteiger partial charge is 0.406 e. The zero-order valence-corrected chi connectivity index (χ0v) is 23.6. The third-order valence-corrected chi connectivity index (χ3v) is 7.34. The zero-order valence-electron chi connectivity index (χ0n) is 22.8. The van der Waals surface area contributed by atoms with Gasteiger partial charge in [-0.3, -0.25) is 9.69 Å². The van der Waals surface area contributed by atoms with Crippen LogP contribution in [0.4, 0.5) is 28.0 Å². The van der Waals surface area contributed by atoms with Crippen molar-refractivity contribution in [3.8, 4) is 22.8 Å². The van der Waals surface area contributed by atoms with Gasteiger partial charge in [-0.1, -0.05) is 54.2 Å². The molecule has 1 fully saturated rings. The highest BCUT2D eigenvalue weighted by atomic mass is 32.2. The summed E-state index contributed by atoms with van der Waals surface area (Å²) in [4.78, 5) is 34.8. The standard InChI is InChI=1S/C29H24F4N6O3S/c1-17-4-3-5-18(2)25(17)39-24(40)15-43-28(39)36-27(41)34-14-23(30)19-6-8-20(9-7-19)26-35-16-38(37-26)21-10-12-22(13-11-21)42-29(31,32)33/h3-13,16,23H,14-15H2,1-2H3,(H,34,41)/b36-28-. The topological polar surface area (TPSA) is 102 Å². The minimum atomic E-state index is -4.79. The number of carbonyl (C=O) groups is 2. The van der Waals surface area contributed by atoms with Crippen molar-refractivity contribution < 1.29 is 31.9 Å². The molecule has 0 radical (unpaired) electrons. The number of alkyl halides is 4. The molecule has 1 aliphatic heterocycles. The van der Waals surface area contributed by atoms with Crippen LogP contribution in [-0.4, -0.2) is 50.5 Å². The predicted molar refractivity (Wildman–Crippen MR) is 154 cm³/mol. The van der Waals surface area contributed by atoms with Gasteiger partial charge in [-0.25, -0.2) is 18.9 Å². The molecule has 43 heavy (non-hydrogen) atoms. The van der Waals surface area contributed by atoms with E-state index in [2.05, 4.69) is 25.1 Å².